The van der Waals surface area contributed by atoms with Gasteiger partial charge in [0.25, 0.3) is 0 Å². The van der Waals surface area contributed by atoms with Gasteiger partial charge in [-0.25, -0.2) is 0 Å². The number of hydrogen-bond donors (Lipinski definition) is 0. The van der Waals surface area contributed by atoms with Crippen LogP contribution in [0.5, 0.6) is 11.5 Å². The summed E-state index contributed by atoms with van der Waals surface area (Å²) in [4.78, 5) is 0. The quantitative estimate of drug-likeness (QED) is 0.234. The van der Waals surface area contributed by atoms with Gasteiger partial charge in [-0.2, -0.15) is 0 Å². The molecule has 0 unspecified atom stereocenters. The molecule has 0 atom stereocenters. The molecule has 2 aromatic rings. The van der Waals surface area contributed by atoms with Crippen molar-refractivity contribution in [3.8, 4) is 11.5 Å². The molecule has 0 heterocycles. The highest BCUT2D eigenvalue weighted by atomic mass is 28.4. The van der Waals surface area contributed by atoms with Gasteiger partial charge in [-0.15, -0.1) is 13.2 Å². The average molecular weight is 501 g/mol. The maximum absolute atomic E-state index is 6.34. The van der Waals surface area contributed by atoms with Gasteiger partial charge in [-0.05, 0) is 66.9 Å². The second-order valence-corrected chi connectivity index (χ2v) is 16.5. The third-order valence-corrected chi connectivity index (χ3v) is 8.50. The minimum absolute atomic E-state index is 0.250. The van der Waals surface area contributed by atoms with E-state index in [-0.39, 0.29) is 5.41 Å². The Morgan fingerprint density at radius 1 is 0.735 bits per heavy atom. The van der Waals surface area contributed by atoms with Crippen LogP contribution in [-0.4, -0.2) is 38.7 Å². The van der Waals surface area contributed by atoms with Crippen LogP contribution in [0.15, 0.2) is 61.7 Å². The Labute approximate surface area is 208 Å². The van der Waals surface area contributed by atoms with E-state index in [1.807, 2.05) is 18.2 Å². The molecule has 0 aliphatic heterocycles. The number of benzene rings is 2. The number of rotatable bonds is 13. The average Bonchev–Trinajstić information content (AvgIpc) is 2.79. The van der Waals surface area contributed by atoms with E-state index in [1.165, 1.54) is 32.5 Å². The molecule has 7 heteroatoms. The molecule has 0 amide bonds. The Morgan fingerprint density at radius 3 is 1.50 bits per heavy atom. The van der Waals surface area contributed by atoms with Crippen molar-refractivity contribution in [1.82, 2.24) is 0 Å². The summed E-state index contributed by atoms with van der Waals surface area (Å²) in [6.07, 6.45) is 5.19. The molecule has 2 rings (SSSR count). The molecule has 0 aliphatic carbocycles. The van der Waals surface area contributed by atoms with Gasteiger partial charge in [0.15, 0.2) is 0 Å². The summed E-state index contributed by atoms with van der Waals surface area (Å²) in [5.74, 6) is 1.62. The first kappa shape index (κ1) is 28.1. The summed E-state index contributed by atoms with van der Waals surface area (Å²) >= 11 is 0. The number of hydrogen-bond acceptors (Lipinski definition) is 5. The molecule has 0 spiro atoms. The molecular formula is C27H40O5Si2. The van der Waals surface area contributed by atoms with Crippen molar-refractivity contribution in [2.75, 3.05) is 21.3 Å². The van der Waals surface area contributed by atoms with Crippen LogP contribution in [0.2, 0.25) is 19.6 Å². The van der Waals surface area contributed by atoms with Crippen LogP contribution in [-0.2, 0) is 31.5 Å². The van der Waals surface area contributed by atoms with Crippen molar-refractivity contribution in [1.29, 1.82) is 0 Å². The van der Waals surface area contributed by atoms with Crippen LogP contribution < -0.4 is 8.85 Å². The van der Waals surface area contributed by atoms with E-state index in [0.29, 0.717) is 12.2 Å². The van der Waals surface area contributed by atoms with Gasteiger partial charge in [-0.3, -0.25) is 0 Å². The second kappa shape index (κ2) is 11.5. The van der Waals surface area contributed by atoms with Gasteiger partial charge in [0.05, 0.1) is 0 Å². The second-order valence-electron chi connectivity index (χ2n) is 9.68. The van der Waals surface area contributed by atoms with E-state index in [9.17, 15) is 0 Å². The minimum atomic E-state index is -3.24. The zero-order valence-corrected chi connectivity index (χ0v) is 24.0. The Hall–Kier alpha value is -2.17. The van der Waals surface area contributed by atoms with Crippen molar-refractivity contribution < 1.29 is 22.1 Å². The Kier molecular flexibility index (Phi) is 9.50. The fourth-order valence-electron chi connectivity index (χ4n) is 3.77. The largest absolute Gasteiger partial charge is 0.748 e. The van der Waals surface area contributed by atoms with Gasteiger partial charge in [0.2, 0.25) is 8.32 Å². The molecule has 0 fully saturated rings. The van der Waals surface area contributed by atoms with Gasteiger partial charge in [0.1, 0.15) is 11.5 Å². The van der Waals surface area contributed by atoms with E-state index in [0.717, 1.165) is 23.3 Å². The van der Waals surface area contributed by atoms with Crippen LogP contribution in [0.3, 0.4) is 0 Å². The van der Waals surface area contributed by atoms with E-state index in [2.05, 4.69) is 77.0 Å². The van der Waals surface area contributed by atoms with E-state index in [1.54, 1.807) is 0 Å². The normalized spacial score (nSPS) is 12.4. The van der Waals surface area contributed by atoms with Gasteiger partial charge in [-0.1, -0.05) is 50.3 Å². The van der Waals surface area contributed by atoms with Crippen molar-refractivity contribution in [3.05, 3.63) is 84.0 Å². The maximum Gasteiger partial charge on any atom is 0.748 e. The Bertz CT molecular complexity index is 983. The van der Waals surface area contributed by atoms with Crippen LogP contribution in [0.25, 0.3) is 0 Å². The van der Waals surface area contributed by atoms with Gasteiger partial charge >= 0.3 is 9.05 Å². The lowest BCUT2D eigenvalue weighted by molar-refractivity contribution is 0.0507. The predicted octanol–water partition coefficient (Wildman–Crippen LogP) is 6.44. The molecule has 5 nitrogen and oxygen atoms in total. The zero-order chi connectivity index (χ0) is 25.6. The lowest BCUT2D eigenvalue weighted by Gasteiger charge is -2.30. The topological polar surface area (TPSA) is 46.2 Å². The molecule has 2 aromatic carbocycles. The first-order valence-corrected chi connectivity index (χ1v) is 16.5. The molecule has 186 valence electrons. The van der Waals surface area contributed by atoms with Crippen LogP contribution in [0.4, 0.5) is 0 Å². The van der Waals surface area contributed by atoms with Crippen molar-refractivity contribution in [2.45, 2.75) is 51.7 Å². The minimum Gasteiger partial charge on any atom is -0.544 e. The molecule has 34 heavy (non-hydrogen) atoms. The monoisotopic (exact) mass is 500 g/mol. The van der Waals surface area contributed by atoms with Crippen LogP contribution in [0, 0.1) is 0 Å². The predicted molar refractivity (Wildman–Crippen MR) is 144 cm³/mol. The van der Waals surface area contributed by atoms with Crippen molar-refractivity contribution >= 4 is 17.4 Å². The summed E-state index contributed by atoms with van der Waals surface area (Å²) in [6.45, 7) is 18.9. The summed E-state index contributed by atoms with van der Waals surface area (Å²) in [6, 6.07) is 12.7. The molecule has 0 radical (unpaired) electrons. The summed E-state index contributed by atoms with van der Waals surface area (Å²) in [7, 11) is -0.382. The molecule has 0 aromatic heterocycles. The fraction of sp³-hybridized carbons (Fsp3) is 0.407. The Morgan fingerprint density at radius 2 is 1.15 bits per heavy atom. The summed E-state index contributed by atoms with van der Waals surface area (Å²) in [5.41, 5.74) is 4.28. The molecular weight excluding hydrogens is 460 g/mol. The van der Waals surface area contributed by atoms with E-state index >= 15 is 0 Å². The molecule has 0 bridgehead atoms. The van der Waals surface area contributed by atoms with E-state index in [4.69, 9.17) is 22.1 Å². The fourth-order valence-corrected chi connectivity index (χ4v) is 5.85. The molecule has 0 saturated carbocycles. The first-order chi connectivity index (χ1) is 15.9. The van der Waals surface area contributed by atoms with E-state index < -0.39 is 17.4 Å². The zero-order valence-electron chi connectivity index (χ0n) is 22.0. The lowest BCUT2D eigenvalue weighted by atomic mass is 9.77. The third kappa shape index (κ3) is 6.70. The molecule has 0 saturated heterocycles. The molecule has 0 N–H and O–H groups in total. The van der Waals surface area contributed by atoms with Crippen molar-refractivity contribution in [2.24, 2.45) is 0 Å². The smallest absolute Gasteiger partial charge is 0.544 e. The maximum atomic E-state index is 6.34. The lowest BCUT2D eigenvalue weighted by Crippen LogP contribution is -2.49. The summed E-state index contributed by atoms with van der Waals surface area (Å²) in [5, 5.41) is 0. The summed E-state index contributed by atoms with van der Waals surface area (Å²) < 4.78 is 28.8. The first-order valence-electron chi connectivity index (χ1n) is 11.5. The third-order valence-electron chi connectivity index (χ3n) is 5.69. The highest BCUT2D eigenvalue weighted by molar-refractivity contribution is 6.70. The van der Waals surface area contributed by atoms with Gasteiger partial charge < -0.3 is 22.1 Å². The highest BCUT2D eigenvalue weighted by Gasteiger charge is 2.45. The van der Waals surface area contributed by atoms with Gasteiger partial charge in [0, 0.05) is 26.7 Å². The Balaban J connectivity index is 2.51. The highest BCUT2D eigenvalue weighted by Crippen LogP contribution is 2.37. The van der Waals surface area contributed by atoms with Crippen LogP contribution in [0.1, 0.15) is 36.1 Å². The number of allylic oxidation sites excluding steroid dienone is 2. The standard InChI is InChI=1S/C27H40O5Si2/c1-11-13-21-19-23(15-17-25(21)31-33(8,9)10)27(3,4)24-16-18-26(22(20-24)14-12-2)32-34(28-5,29-6)30-7/h11-12,15-20H,1-2,13-14H2,3-10H3. The van der Waals surface area contributed by atoms with Crippen LogP contribution >= 0.6 is 0 Å². The molecule has 0 aliphatic rings. The SMILES string of the molecule is C=CCc1cc(C(C)(C)c2ccc(O[Si](OC)(OC)OC)c(CC=C)c2)ccc1O[Si](C)(C)C. The van der Waals surface area contributed by atoms with Crippen molar-refractivity contribution in [3.63, 3.8) is 0 Å².